The highest BCUT2D eigenvalue weighted by Gasteiger charge is 2.39. The Morgan fingerprint density at radius 2 is 1.92 bits per heavy atom. The van der Waals surface area contributed by atoms with Crippen molar-refractivity contribution in [3.8, 4) is 0 Å². The van der Waals surface area contributed by atoms with E-state index in [1.807, 2.05) is 9.80 Å². The van der Waals surface area contributed by atoms with Crippen LogP contribution >= 0.6 is 0 Å². The van der Waals surface area contributed by atoms with Crippen molar-refractivity contribution in [2.24, 2.45) is 5.92 Å². The number of hydrogen-bond acceptors (Lipinski definition) is 2. The number of aryl methyl sites for hydroxylation is 2. The molecule has 0 spiro atoms. The third-order valence-electron chi connectivity index (χ3n) is 6.19. The van der Waals surface area contributed by atoms with E-state index in [2.05, 4.69) is 25.1 Å². The number of hydrogen-bond donors (Lipinski definition) is 0. The summed E-state index contributed by atoms with van der Waals surface area (Å²) in [6.07, 6.45) is 7.56. The van der Waals surface area contributed by atoms with Gasteiger partial charge in [0.1, 0.15) is 0 Å². The Hall–Kier alpha value is -1.84. The van der Waals surface area contributed by atoms with Crippen molar-refractivity contribution in [3.05, 3.63) is 34.9 Å². The summed E-state index contributed by atoms with van der Waals surface area (Å²) in [7, 11) is 0. The molecule has 1 unspecified atom stereocenters. The van der Waals surface area contributed by atoms with Crippen LogP contribution in [-0.2, 0) is 16.0 Å². The Labute approximate surface area is 150 Å². The normalized spacial score (nSPS) is 24.5. The van der Waals surface area contributed by atoms with Crippen LogP contribution in [0.1, 0.15) is 61.3 Å². The van der Waals surface area contributed by atoms with Crippen LogP contribution in [0.15, 0.2) is 18.2 Å². The Balaban J connectivity index is 1.61. The van der Waals surface area contributed by atoms with E-state index in [0.29, 0.717) is 6.54 Å². The minimum atomic E-state index is 0.0335. The van der Waals surface area contributed by atoms with Crippen molar-refractivity contribution < 1.29 is 9.59 Å². The molecule has 3 aliphatic rings. The van der Waals surface area contributed by atoms with Crippen LogP contribution in [0.5, 0.6) is 0 Å². The van der Waals surface area contributed by atoms with Crippen molar-refractivity contribution in [2.45, 2.75) is 57.9 Å². The lowest BCUT2D eigenvalue weighted by Crippen LogP contribution is -2.55. The summed E-state index contributed by atoms with van der Waals surface area (Å²) >= 11 is 0. The molecule has 2 heterocycles. The van der Waals surface area contributed by atoms with Gasteiger partial charge in [-0.15, -0.1) is 0 Å². The van der Waals surface area contributed by atoms with Crippen molar-refractivity contribution in [2.75, 3.05) is 19.6 Å². The van der Waals surface area contributed by atoms with Gasteiger partial charge in [0.05, 0.1) is 12.6 Å². The van der Waals surface area contributed by atoms with Gasteiger partial charge >= 0.3 is 0 Å². The second kappa shape index (κ2) is 6.81. The fourth-order valence-corrected chi connectivity index (χ4v) is 4.81. The van der Waals surface area contributed by atoms with Gasteiger partial charge in [-0.05, 0) is 43.7 Å². The highest BCUT2D eigenvalue weighted by atomic mass is 16.2. The molecule has 0 N–H and O–H groups in total. The maximum atomic E-state index is 13.0. The van der Waals surface area contributed by atoms with Crippen molar-refractivity contribution in [3.63, 3.8) is 0 Å². The second-order valence-electron chi connectivity index (χ2n) is 7.96. The first-order valence-corrected chi connectivity index (χ1v) is 9.81. The summed E-state index contributed by atoms with van der Waals surface area (Å²) in [5.74, 6) is 0.469. The van der Waals surface area contributed by atoms with Crippen LogP contribution in [0.3, 0.4) is 0 Å². The fraction of sp³-hybridized carbons (Fsp3) is 0.619. The summed E-state index contributed by atoms with van der Waals surface area (Å²) in [4.78, 5) is 29.7. The summed E-state index contributed by atoms with van der Waals surface area (Å²) in [6, 6.07) is 6.62. The number of nitrogens with zero attached hydrogens (tertiary/aromatic N) is 2. The fourth-order valence-electron chi connectivity index (χ4n) is 4.81. The van der Waals surface area contributed by atoms with Gasteiger partial charge in [0.15, 0.2) is 0 Å². The molecule has 4 nitrogen and oxygen atoms in total. The average Bonchev–Trinajstić information content (AvgIpc) is 2.81. The van der Waals surface area contributed by atoms with Gasteiger partial charge in [0.25, 0.3) is 0 Å². The van der Waals surface area contributed by atoms with Crippen LogP contribution in [-0.4, -0.2) is 41.2 Å². The van der Waals surface area contributed by atoms with Crippen molar-refractivity contribution >= 4 is 11.8 Å². The van der Waals surface area contributed by atoms with Gasteiger partial charge in [-0.2, -0.15) is 0 Å². The van der Waals surface area contributed by atoms with E-state index in [-0.39, 0.29) is 30.3 Å². The molecule has 1 aliphatic carbocycles. The molecule has 25 heavy (non-hydrogen) atoms. The zero-order valence-electron chi connectivity index (χ0n) is 15.2. The first kappa shape index (κ1) is 16.6. The van der Waals surface area contributed by atoms with E-state index in [9.17, 15) is 9.59 Å². The number of fused-ring (bicyclic) bond motifs is 3. The minimum absolute atomic E-state index is 0.0335. The van der Waals surface area contributed by atoms with Crippen LogP contribution in [0, 0.1) is 12.8 Å². The molecule has 4 heteroatoms. The van der Waals surface area contributed by atoms with Crippen LogP contribution in [0.25, 0.3) is 0 Å². The molecule has 2 amide bonds. The van der Waals surface area contributed by atoms with E-state index in [4.69, 9.17) is 0 Å². The third-order valence-corrected chi connectivity index (χ3v) is 6.19. The quantitative estimate of drug-likeness (QED) is 0.787. The largest absolute Gasteiger partial charge is 0.332 e. The van der Waals surface area contributed by atoms with Crippen molar-refractivity contribution in [1.29, 1.82) is 0 Å². The van der Waals surface area contributed by atoms with Crippen LogP contribution < -0.4 is 0 Å². The lowest BCUT2D eigenvalue weighted by atomic mass is 9.87. The molecule has 1 atom stereocenters. The van der Waals surface area contributed by atoms with E-state index < -0.39 is 0 Å². The zero-order chi connectivity index (χ0) is 17.4. The molecule has 4 rings (SSSR count). The topological polar surface area (TPSA) is 40.6 Å². The first-order chi connectivity index (χ1) is 12.1. The summed E-state index contributed by atoms with van der Waals surface area (Å²) < 4.78 is 0. The van der Waals surface area contributed by atoms with E-state index >= 15 is 0 Å². The Morgan fingerprint density at radius 3 is 2.72 bits per heavy atom. The molecule has 0 aromatic heterocycles. The molecule has 1 aromatic rings. The number of carbonyl (C=O) groups excluding carboxylic acids is 2. The maximum absolute atomic E-state index is 13.0. The highest BCUT2D eigenvalue weighted by molar-refractivity contribution is 5.87. The smallest absolute Gasteiger partial charge is 0.242 e. The molecule has 1 saturated carbocycles. The number of carbonyl (C=O) groups is 2. The van der Waals surface area contributed by atoms with E-state index in [0.717, 1.165) is 45.1 Å². The SMILES string of the molecule is Cc1ccc2c(c1)C1CN(C(=O)C3CCCCC3)CC(=O)N1CCC2. The molecule has 2 aliphatic heterocycles. The average molecular weight is 340 g/mol. The van der Waals surface area contributed by atoms with Crippen LogP contribution in [0.4, 0.5) is 0 Å². The van der Waals surface area contributed by atoms with Gasteiger partial charge in [-0.1, -0.05) is 43.0 Å². The first-order valence-electron chi connectivity index (χ1n) is 9.81. The number of benzene rings is 1. The Kier molecular flexibility index (Phi) is 4.53. The number of rotatable bonds is 1. The molecule has 0 radical (unpaired) electrons. The van der Waals surface area contributed by atoms with Crippen molar-refractivity contribution in [1.82, 2.24) is 9.80 Å². The van der Waals surface area contributed by atoms with Gasteiger partial charge in [-0.25, -0.2) is 0 Å². The third kappa shape index (κ3) is 3.19. The van der Waals surface area contributed by atoms with E-state index in [1.165, 1.54) is 23.1 Å². The molecule has 0 bridgehead atoms. The number of amides is 2. The van der Waals surface area contributed by atoms with Gasteiger partial charge in [0.2, 0.25) is 11.8 Å². The molecule has 2 fully saturated rings. The Bertz CT molecular complexity index is 678. The Morgan fingerprint density at radius 1 is 1.12 bits per heavy atom. The predicted molar refractivity (Wildman–Crippen MR) is 97.1 cm³/mol. The summed E-state index contributed by atoms with van der Waals surface area (Å²) in [6.45, 7) is 3.85. The van der Waals surface area contributed by atoms with Gasteiger partial charge < -0.3 is 9.80 Å². The lowest BCUT2D eigenvalue weighted by molar-refractivity contribution is -0.151. The maximum Gasteiger partial charge on any atom is 0.242 e. The molecule has 1 aromatic carbocycles. The molecule has 134 valence electrons. The summed E-state index contributed by atoms with van der Waals surface area (Å²) in [5.41, 5.74) is 3.83. The minimum Gasteiger partial charge on any atom is -0.332 e. The number of piperazine rings is 1. The second-order valence-corrected chi connectivity index (χ2v) is 7.96. The highest BCUT2D eigenvalue weighted by Crippen LogP contribution is 2.34. The molecule has 1 saturated heterocycles. The zero-order valence-corrected chi connectivity index (χ0v) is 15.2. The standard InChI is InChI=1S/C21H28N2O2/c1-15-9-10-16-8-5-11-23-19(18(16)12-15)13-22(14-20(23)24)21(25)17-6-3-2-4-7-17/h9-10,12,17,19H,2-8,11,13-14H2,1H3. The van der Waals surface area contributed by atoms with E-state index in [1.54, 1.807) is 0 Å². The lowest BCUT2D eigenvalue weighted by Gasteiger charge is -2.42. The monoisotopic (exact) mass is 340 g/mol. The molecular formula is C21H28N2O2. The molecular weight excluding hydrogens is 312 g/mol. The predicted octanol–water partition coefficient (Wildman–Crippen LogP) is 3.23. The van der Waals surface area contributed by atoms with Gasteiger partial charge in [-0.3, -0.25) is 9.59 Å². The van der Waals surface area contributed by atoms with Crippen LogP contribution in [0.2, 0.25) is 0 Å². The summed E-state index contributed by atoms with van der Waals surface area (Å²) in [5, 5.41) is 0. The van der Waals surface area contributed by atoms with Gasteiger partial charge in [0, 0.05) is 19.0 Å².